The van der Waals surface area contributed by atoms with Gasteiger partial charge in [0.2, 0.25) is 0 Å². The van der Waals surface area contributed by atoms with Crippen molar-refractivity contribution >= 4 is 34.5 Å². The first-order chi connectivity index (χ1) is 6.20. The van der Waals surface area contributed by atoms with Crippen molar-refractivity contribution in [2.75, 3.05) is 26.4 Å². The van der Waals surface area contributed by atoms with Gasteiger partial charge in [0.15, 0.2) is 10.1 Å². The summed E-state index contributed by atoms with van der Waals surface area (Å²) in [6, 6.07) is 0. The summed E-state index contributed by atoms with van der Waals surface area (Å²) in [4.78, 5) is 0. The van der Waals surface area contributed by atoms with Crippen molar-refractivity contribution in [3.8, 4) is 0 Å². The van der Waals surface area contributed by atoms with Gasteiger partial charge in [-0.25, -0.2) is 0 Å². The van der Waals surface area contributed by atoms with Crippen LogP contribution in [0.15, 0.2) is 0 Å². The molecule has 0 aliphatic heterocycles. The van der Waals surface area contributed by atoms with Crippen molar-refractivity contribution < 1.29 is 14.2 Å². The van der Waals surface area contributed by atoms with Gasteiger partial charge in [0.05, 0.1) is 13.2 Å². The fourth-order valence-electron chi connectivity index (χ4n) is 0.623. The highest BCUT2D eigenvalue weighted by molar-refractivity contribution is 7.80. The lowest BCUT2D eigenvalue weighted by molar-refractivity contribution is 0.172. The normalized spacial score (nSPS) is 9.38. The van der Waals surface area contributed by atoms with Crippen molar-refractivity contribution in [2.45, 2.75) is 13.8 Å². The van der Waals surface area contributed by atoms with Gasteiger partial charge < -0.3 is 14.2 Å². The van der Waals surface area contributed by atoms with Crippen LogP contribution in [0.25, 0.3) is 0 Å². The van der Waals surface area contributed by atoms with Crippen molar-refractivity contribution in [2.24, 2.45) is 0 Å². The number of rotatable bonds is 6. The summed E-state index contributed by atoms with van der Waals surface area (Å²) in [5.41, 5.74) is 0. The van der Waals surface area contributed by atoms with Gasteiger partial charge in [-0.3, -0.25) is 0 Å². The molecule has 0 aromatic heterocycles. The monoisotopic (exact) mass is 222 g/mol. The Morgan fingerprint density at radius 1 is 0.923 bits per heavy atom. The maximum atomic E-state index is 5.13. The lowest BCUT2D eigenvalue weighted by atomic mass is 10.7. The minimum absolute atomic E-state index is 0.288. The number of thiocarbonyl (C=S) groups is 2. The van der Waals surface area contributed by atoms with E-state index in [1.807, 2.05) is 13.8 Å². The molecule has 5 heteroatoms. The van der Waals surface area contributed by atoms with Gasteiger partial charge in [-0.15, -0.1) is 0 Å². The summed E-state index contributed by atoms with van der Waals surface area (Å²) >= 11 is 9.68. The summed E-state index contributed by atoms with van der Waals surface area (Å²) in [7, 11) is 0. The molecule has 0 fully saturated rings. The molecular formula is C8H14O3S2. The van der Waals surface area contributed by atoms with Crippen LogP contribution in [0, 0.1) is 0 Å². The Labute approximate surface area is 89.4 Å². The second-order valence-corrected chi connectivity index (χ2v) is 3.01. The molecule has 0 aromatic rings. The Morgan fingerprint density at radius 2 is 1.31 bits per heavy atom. The topological polar surface area (TPSA) is 27.7 Å². The smallest absolute Gasteiger partial charge is 0.185 e. The van der Waals surface area contributed by atoms with E-state index in [0.29, 0.717) is 23.3 Å². The van der Waals surface area contributed by atoms with E-state index in [-0.39, 0.29) is 13.2 Å². The highest BCUT2D eigenvalue weighted by Crippen LogP contribution is 1.88. The summed E-state index contributed by atoms with van der Waals surface area (Å²) in [5.74, 6) is 0. The first kappa shape index (κ1) is 12.7. The molecule has 0 spiro atoms. The summed E-state index contributed by atoms with van der Waals surface area (Å²) in [6.07, 6.45) is 0. The van der Waals surface area contributed by atoms with Gasteiger partial charge in [0, 0.05) is 0 Å². The minimum Gasteiger partial charge on any atom is -0.485 e. The van der Waals surface area contributed by atoms with Crippen LogP contribution in [0.3, 0.4) is 0 Å². The van der Waals surface area contributed by atoms with E-state index < -0.39 is 0 Å². The van der Waals surface area contributed by atoms with Gasteiger partial charge in [-0.1, -0.05) is 0 Å². The zero-order valence-corrected chi connectivity index (χ0v) is 9.50. The van der Waals surface area contributed by atoms with Crippen LogP contribution in [0.5, 0.6) is 0 Å². The predicted octanol–water partition coefficient (Wildman–Crippen LogP) is 1.73. The molecular weight excluding hydrogens is 208 g/mol. The minimum atomic E-state index is 0.288. The fourth-order valence-corrected chi connectivity index (χ4v) is 1.03. The Balaban J connectivity index is 3.33. The second-order valence-electron chi connectivity index (χ2n) is 2.10. The van der Waals surface area contributed by atoms with Crippen LogP contribution in [0.2, 0.25) is 0 Å². The maximum absolute atomic E-state index is 5.13. The standard InChI is InChI=1S/C8H14O3S2/c1-3-10-7(12)5-9-6-8(13)11-4-2/h3-6H2,1-2H3. The molecule has 0 bridgehead atoms. The van der Waals surface area contributed by atoms with E-state index in [1.165, 1.54) is 0 Å². The van der Waals surface area contributed by atoms with E-state index in [9.17, 15) is 0 Å². The SMILES string of the molecule is CCOC(=S)COCC(=S)OCC. The molecule has 0 unspecified atom stereocenters. The van der Waals surface area contributed by atoms with E-state index in [2.05, 4.69) is 0 Å². The van der Waals surface area contributed by atoms with Crippen LogP contribution < -0.4 is 0 Å². The first-order valence-electron chi connectivity index (χ1n) is 4.09. The van der Waals surface area contributed by atoms with Gasteiger partial charge in [0.25, 0.3) is 0 Å². The molecule has 76 valence electrons. The predicted molar refractivity (Wildman–Crippen MR) is 59.3 cm³/mol. The quantitative estimate of drug-likeness (QED) is 0.638. The van der Waals surface area contributed by atoms with Gasteiger partial charge in [-0.2, -0.15) is 0 Å². The van der Waals surface area contributed by atoms with E-state index in [1.54, 1.807) is 0 Å². The fraction of sp³-hybridized carbons (Fsp3) is 0.750. The molecule has 0 rings (SSSR count). The number of hydrogen-bond acceptors (Lipinski definition) is 5. The van der Waals surface area contributed by atoms with Gasteiger partial charge in [-0.05, 0) is 38.3 Å². The molecule has 0 saturated carbocycles. The van der Waals surface area contributed by atoms with Crippen molar-refractivity contribution in [1.82, 2.24) is 0 Å². The van der Waals surface area contributed by atoms with E-state index in [4.69, 9.17) is 38.6 Å². The highest BCUT2D eigenvalue weighted by atomic mass is 32.1. The molecule has 0 radical (unpaired) electrons. The number of hydrogen-bond donors (Lipinski definition) is 0. The average molecular weight is 222 g/mol. The van der Waals surface area contributed by atoms with Crippen molar-refractivity contribution in [3.63, 3.8) is 0 Å². The lowest BCUT2D eigenvalue weighted by Gasteiger charge is -2.07. The van der Waals surface area contributed by atoms with Crippen LogP contribution in [0.4, 0.5) is 0 Å². The average Bonchev–Trinajstić information content (AvgIpc) is 2.05. The third-order valence-corrected chi connectivity index (χ3v) is 1.52. The Morgan fingerprint density at radius 3 is 1.62 bits per heavy atom. The second kappa shape index (κ2) is 8.34. The van der Waals surface area contributed by atoms with Crippen molar-refractivity contribution in [1.29, 1.82) is 0 Å². The number of ether oxygens (including phenoxy) is 3. The molecule has 3 nitrogen and oxygen atoms in total. The highest BCUT2D eigenvalue weighted by Gasteiger charge is 1.99. The Hall–Kier alpha value is -0.260. The maximum Gasteiger partial charge on any atom is 0.185 e. The molecule has 0 aliphatic rings. The van der Waals surface area contributed by atoms with Crippen LogP contribution in [-0.4, -0.2) is 36.5 Å². The van der Waals surface area contributed by atoms with Crippen LogP contribution in [0.1, 0.15) is 13.8 Å². The van der Waals surface area contributed by atoms with Crippen LogP contribution >= 0.6 is 24.4 Å². The largest absolute Gasteiger partial charge is 0.485 e. The summed E-state index contributed by atoms with van der Waals surface area (Å²) in [6.45, 7) is 5.46. The molecule has 0 N–H and O–H groups in total. The summed E-state index contributed by atoms with van der Waals surface area (Å²) in [5, 5.41) is 0.892. The van der Waals surface area contributed by atoms with E-state index >= 15 is 0 Å². The molecule has 0 amide bonds. The molecule has 0 saturated heterocycles. The molecule has 13 heavy (non-hydrogen) atoms. The molecule has 0 aliphatic carbocycles. The Kier molecular flexibility index (Phi) is 8.18. The zero-order valence-electron chi connectivity index (χ0n) is 7.87. The lowest BCUT2D eigenvalue weighted by Crippen LogP contribution is -2.16. The zero-order chi connectivity index (χ0) is 10.1. The van der Waals surface area contributed by atoms with Gasteiger partial charge >= 0.3 is 0 Å². The third kappa shape index (κ3) is 8.08. The summed E-state index contributed by atoms with van der Waals surface area (Å²) < 4.78 is 15.1. The molecule has 0 aromatic carbocycles. The molecule has 0 atom stereocenters. The van der Waals surface area contributed by atoms with Crippen LogP contribution in [-0.2, 0) is 14.2 Å². The Bertz CT molecular complexity index is 153. The van der Waals surface area contributed by atoms with E-state index in [0.717, 1.165) is 0 Å². The van der Waals surface area contributed by atoms with Crippen molar-refractivity contribution in [3.05, 3.63) is 0 Å². The third-order valence-electron chi connectivity index (χ3n) is 1.05. The first-order valence-corrected chi connectivity index (χ1v) is 4.91. The molecule has 0 heterocycles. The van der Waals surface area contributed by atoms with Gasteiger partial charge in [0.1, 0.15) is 13.2 Å².